The summed E-state index contributed by atoms with van der Waals surface area (Å²) in [5.41, 5.74) is -0.425. The van der Waals surface area contributed by atoms with Crippen LogP contribution in [0.1, 0.15) is 69.4 Å². The summed E-state index contributed by atoms with van der Waals surface area (Å²) < 4.78 is 29.5. The van der Waals surface area contributed by atoms with E-state index < -0.39 is 33.0 Å². The lowest BCUT2D eigenvalue weighted by atomic mass is 9.66. The van der Waals surface area contributed by atoms with E-state index in [-0.39, 0.29) is 29.9 Å². The summed E-state index contributed by atoms with van der Waals surface area (Å²) in [6.07, 6.45) is 2.44. The largest absolute Gasteiger partial charge is 0.481 e. The van der Waals surface area contributed by atoms with Crippen LogP contribution < -0.4 is 10.0 Å². The molecule has 10 heteroatoms. The smallest absolute Gasteiger partial charge is 0.304 e. The maximum Gasteiger partial charge on any atom is 0.304 e. The number of halogens is 2. The van der Waals surface area contributed by atoms with E-state index in [1.54, 1.807) is 25.1 Å². The van der Waals surface area contributed by atoms with Crippen molar-refractivity contribution >= 4 is 45.1 Å². The van der Waals surface area contributed by atoms with Crippen LogP contribution in [0.25, 0.3) is 0 Å². The molecule has 1 aliphatic carbocycles. The first-order chi connectivity index (χ1) is 17.9. The Bertz CT molecular complexity index is 1300. The van der Waals surface area contributed by atoms with Crippen molar-refractivity contribution in [2.24, 2.45) is 11.3 Å². The van der Waals surface area contributed by atoms with Gasteiger partial charge in [-0.15, -0.1) is 0 Å². The summed E-state index contributed by atoms with van der Waals surface area (Å²) in [5, 5.41) is 13.7. The van der Waals surface area contributed by atoms with Gasteiger partial charge in [0, 0.05) is 22.0 Å². The lowest BCUT2D eigenvalue weighted by Gasteiger charge is -2.46. The molecule has 0 spiro atoms. The second-order valence-corrected chi connectivity index (χ2v) is 13.7. The molecule has 206 valence electrons. The highest BCUT2D eigenvalue weighted by atomic mass is 35.5. The van der Waals surface area contributed by atoms with Gasteiger partial charge in [0.05, 0.1) is 23.1 Å². The predicted octanol–water partition coefficient (Wildman–Crippen LogP) is 5.47. The van der Waals surface area contributed by atoms with E-state index in [1.807, 2.05) is 37.3 Å². The zero-order chi connectivity index (χ0) is 27.7. The van der Waals surface area contributed by atoms with Crippen LogP contribution in [0, 0.1) is 11.3 Å². The van der Waals surface area contributed by atoms with Crippen molar-refractivity contribution in [2.45, 2.75) is 69.9 Å². The molecule has 0 bridgehead atoms. The van der Waals surface area contributed by atoms with Crippen LogP contribution in [0.15, 0.2) is 48.5 Å². The van der Waals surface area contributed by atoms with Crippen LogP contribution in [0.2, 0.25) is 10.0 Å². The Morgan fingerprint density at radius 1 is 1.16 bits per heavy atom. The first-order valence-corrected chi connectivity index (χ1v) is 15.3. The molecule has 2 fully saturated rings. The fraction of sp³-hybridized carbons (Fsp3) is 0.500. The second-order valence-electron chi connectivity index (χ2n) is 11.0. The average Bonchev–Trinajstić information content (AvgIpc) is 3.67. The van der Waals surface area contributed by atoms with Crippen molar-refractivity contribution in [3.8, 4) is 0 Å². The number of sulfonamides is 1. The molecule has 1 saturated carbocycles. The molecule has 1 aliphatic heterocycles. The minimum absolute atomic E-state index is 0.0134. The maximum absolute atomic E-state index is 13.4. The molecule has 7 nitrogen and oxygen atoms in total. The van der Waals surface area contributed by atoms with Crippen molar-refractivity contribution < 1.29 is 23.1 Å². The first-order valence-electron chi connectivity index (χ1n) is 12.9. The van der Waals surface area contributed by atoms with Gasteiger partial charge in [-0.3, -0.25) is 9.59 Å². The number of nitrogens with one attached hydrogen (secondary N) is 2. The SMILES string of the molecule is CCCS(=O)(=O)N[C@](C[C@@H]1NC(=O)[C@](C)(CC(=O)O)C[C@@H]1c1cccc(Cl)c1)(c1ccc(Cl)cc1)C1CC1. The molecule has 2 aromatic rings. The first kappa shape index (κ1) is 28.9. The number of carbonyl (C=O) groups is 2. The van der Waals surface area contributed by atoms with Crippen LogP contribution in [0.4, 0.5) is 0 Å². The van der Waals surface area contributed by atoms with E-state index in [4.69, 9.17) is 23.2 Å². The van der Waals surface area contributed by atoms with Crippen LogP contribution in [-0.4, -0.2) is 37.2 Å². The quantitative estimate of drug-likeness (QED) is 0.326. The van der Waals surface area contributed by atoms with Crippen molar-refractivity contribution in [3.05, 3.63) is 69.7 Å². The third kappa shape index (κ3) is 6.36. The number of carbonyl (C=O) groups excluding carboxylic acids is 1. The number of carboxylic acids is 1. The number of amides is 1. The van der Waals surface area contributed by atoms with Gasteiger partial charge in [-0.2, -0.15) is 0 Å². The molecule has 1 saturated heterocycles. The monoisotopic (exact) mass is 580 g/mol. The van der Waals surface area contributed by atoms with Gasteiger partial charge in [0.1, 0.15) is 0 Å². The Hall–Kier alpha value is -2.13. The van der Waals surface area contributed by atoms with E-state index >= 15 is 0 Å². The Morgan fingerprint density at radius 2 is 1.84 bits per heavy atom. The predicted molar refractivity (Wildman–Crippen MR) is 149 cm³/mol. The van der Waals surface area contributed by atoms with Gasteiger partial charge in [-0.1, -0.05) is 61.3 Å². The molecule has 1 amide bonds. The van der Waals surface area contributed by atoms with Crippen LogP contribution in [0.5, 0.6) is 0 Å². The van der Waals surface area contributed by atoms with Crippen LogP contribution >= 0.6 is 23.2 Å². The van der Waals surface area contributed by atoms with Crippen molar-refractivity contribution in [2.75, 3.05) is 5.75 Å². The molecule has 0 unspecified atom stereocenters. The summed E-state index contributed by atoms with van der Waals surface area (Å²) in [6, 6.07) is 14.1. The molecule has 0 radical (unpaired) electrons. The zero-order valence-corrected chi connectivity index (χ0v) is 23.9. The molecular formula is C28H34Cl2N2O5S. The van der Waals surface area contributed by atoms with Gasteiger partial charge in [-0.25, -0.2) is 13.1 Å². The Labute approximate surface area is 234 Å². The number of benzene rings is 2. The normalized spacial score (nSPS) is 25.4. The number of hydrogen-bond acceptors (Lipinski definition) is 4. The highest BCUT2D eigenvalue weighted by Crippen LogP contribution is 2.52. The molecule has 1 heterocycles. The summed E-state index contributed by atoms with van der Waals surface area (Å²) in [5.74, 6) is -1.65. The van der Waals surface area contributed by atoms with E-state index in [2.05, 4.69) is 10.0 Å². The minimum atomic E-state index is -3.64. The van der Waals surface area contributed by atoms with Crippen molar-refractivity contribution in [1.29, 1.82) is 0 Å². The third-order valence-electron chi connectivity index (χ3n) is 7.83. The second kappa shape index (κ2) is 11.2. The van der Waals surface area contributed by atoms with E-state index in [1.165, 1.54) is 0 Å². The van der Waals surface area contributed by atoms with Gasteiger partial charge in [-0.05, 0) is 73.4 Å². The maximum atomic E-state index is 13.4. The highest BCUT2D eigenvalue weighted by molar-refractivity contribution is 7.89. The minimum Gasteiger partial charge on any atom is -0.481 e. The van der Waals surface area contributed by atoms with Gasteiger partial charge in [0.15, 0.2) is 0 Å². The van der Waals surface area contributed by atoms with Crippen LogP contribution in [0.3, 0.4) is 0 Å². The van der Waals surface area contributed by atoms with Crippen molar-refractivity contribution in [1.82, 2.24) is 10.0 Å². The molecule has 2 aliphatic rings. The molecule has 0 aromatic heterocycles. The molecule has 4 rings (SSSR count). The summed E-state index contributed by atoms with van der Waals surface area (Å²) in [6.45, 7) is 3.49. The number of carboxylic acid groups (broad SMARTS) is 1. The standard InChI is InChI=1S/C28H34Cl2N2O5S/c1-3-13-38(36,37)32-28(19-7-8-19,20-9-11-21(29)12-10-20)16-24-23(18-5-4-6-22(30)14-18)15-27(2,17-25(33)34)26(35)31-24/h4-6,9-12,14,19,23-24,32H,3,7-8,13,15-17H2,1-2H3,(H,31,35)(H,33,34)/t23-,24+,27+,28+/m1/s1. The topological polar surface area (TPSA) is 113 Å². The Balaban J connectivity index is 1.81. The fourth-order valence-corrected chi connectivity index (χ4v) is 7.79. The summed E-state index contributed by atoms with van der Waals surface area (Å²) >= 11 is 12.5. The number of hydrogen-bond donors (Lipinski definition) is 3. The highest BCUT2D eigenvalue weighted by Gasteiger charge is 2.53. The Morgan fingerprint density at radius 3 is 2.42 bits per heavy atom. The lowest BCUT2D eigenvalue weighted by Crippen LogP contribution is -2.59. The van der Waals surface area contributed by atoms with E-state index in [0.717, 1.165) is 24.0 Å². The summed E-state index contributed by atoms with van der Waals surface area (Å²) in [7, 11) is -3.64. The number of rotatable bonds is 11. The molecule has 3 N–H and O–H groups in total. The summed E-state index contributed by atoms with van der Waals surface area (Å²) in [4.78, 5) is 25.1. The molecule has 38 heavy (non-hydrogen) atoms. The van der Waals surface area contributed by atoms with Gasteiger partial charge < -0.3 is 10.4 Å². The third-order valence-corrected chi connectivity index (χ3v) is 9.93. The van der Waals surface area contributed by atoms with E-state index in [0.29, 0.717) is 29.3 Å². The zero-order valence-electron chi connectivity index (χ0n) is 21.5. The van der Waals surface area contributed by atoms with Crippen molar-refractivity contribution in [3.63, 3.8) is 0 Å². The van der Waals surface area contributed by atoms with E-state index in [9.17, 15) is 23.1 Å². The van der Waals surface area contributed by atoms with Gasteiger partial charge in [0.2, 0.25) is 15.9 Å². The van der Waals surface area contributed by atoms with Gasteiger partial charge in [0.25, 0.3) is 0 Å². The lowest BCUT2D eigenvalue weighted by molar-refractivity contribution is -0.147. The van der Waals surface area contributed by atoms with Crippen LogP contribution in [-0.2, 0) is 25.2 Å². The average molecular weight is 582 g/mol. The van der Waals surface area contributed by atoms with Gasteiger partial charge >= 0.3 is 5.97 Å². The number of piperidine rings is 1. The molecular weight excluding hydrogens is 547 g/mol. The number of aliphatic carboxylic acids is 1. The molecule has 2 aromatic carbocycles. The Kier molecular flexibility index (Phi) is 8.48. The molecule has 4 atom stereocenters. The fourth-order valence-electron chi connectivity index (χ4n) is 5.90.